The average molecular weight is 267 g/mol. The second kappa shape index (κ2) is 5.28. The summed E-state index contributed by atoms with van der Waals surface area (Å²) in [7, 11) is 0. The number of benzene rings is 2. The monoisotopic (exact) mass is 267 g/mol. The number of azo groups is 1. The zero-order chi connectivity index (χ0) is 13.1. The van der Waals surface area contributed by atoms with Gasteiger partial charge in [0.2, 0.25) is 0 Å². The fraction of sp³-hybridized carbons (Fsp3) is 0.0667. The fourth-order valence-corrected chi connectivity index (χ4v) is 2.27. The molecule has 1 N–H and O–H groups in total. The van der Waals surface area contributed by atoms with Gasteiger partial charge in [-0.05, 0) is 11.6 Å². The van der Waals surface area contributed by atoms with Crippen molar-refractivity contribution in [3.05, 3.63) is 60.2 Å². The Morgan fingerprint density at radius 1 is 0.947 bits per heavy atom. The predicted molar refractivity (Wildman–Crippen MR) is 80.2 cm³/mol. The molecule has 0 spiro atoms. The van der Waals surface area contributed by atoms with Gasteiger partial charge < -0.3 is 4.98 Å². The third-order valence-corrected chi connectivity index (χ3v) is 3.25. The van der Waals surface area contributed by atoms with E-state index >= 15 is 0 Å². The van der Waals surface area contributed by atoms with Gasteiger partial charge in [-0.2, -0.15) is 10.2 Å². The molecule has 0 aliphatic rings. The molecule has 0 unspecified atom stereocenters. The Bertz CT molecular complexity index is 717. The van der Waals surface area contributed by atoms with E-state index in [0.29, 0.717) is 6.54 Å². The molecule has 4 heteroatoms. The Morgan fingerprint density at radius 3 is 2.53 bits per heavy atom. The Labute approximate surface area is 116 Å². The van der Waals surface area contributed by atoms with E-state index in [1.54, 1.807) is 0 Å². The molecule has 3 rings (SSSR count). The van der Waals surface area contributed by atoms with Gasteiger partial charge in [-0.3, -0.25) is 0 Å². The largest absolute Gasteiger partial charge is 0.348 e. The van der Waals surface area contributed by atoms with Crippen LogP contribution in [0.15, 0.2) is 69.9 Å². The van der Waals surface area contributed by atoms with Gasteiger partial charge in [0.25, 0.3) is 0 Å². The quantitative estimate of drug-likeness (QED) is 0.508. The Balaban J connectivity index is 1.87. The molecule has 1 heterocycles. The van der Waals surface area contributed by atoms with Crippen molar-refractivity contribution in [2.75, 3.05) is 0 Å². The third kappa shape index (κ3) is 2.53. The zero-order valence-corrected chi connectivity index (χ0v) is 11.1. The smallest absolute Gasteiger partial charge is 0.124 e. The van der Waals surface area contributed by atoms with Crippen LogP contribution in [0.5, 0.6) is 0 Å². The molecule has 19 heavy (non-hydrogen) atoms. The first kappa shape index (κ1) is 12.0. The van der Waals surface area contributed by atoms with Gasteiger partial charge in [0.15, 0.2) is 0 Å². The summed E-state index contributed by atoms with van der Waals surface area (Å²) >= 11 is 4.41. The van der Waals surface area contributed by atoms with E-state index in [1.165, 1.54) is 0 Å². The molecule has 0 amide bonds. The SMILES string of the molecule is Sc1[nH]c2ccccc2c1N=NCc1ccccc1. The Morgan fingerprint density at radius 2 is 1.68 bits per heavy atom. The van der Waals surface area contributed by atoms with Crippen LogP contribution in [0.4, 0.5) is 5.69 Å². The van der Waals surface area contributed by atoms with E-state index in [0.717, 1.165) is 27.2 Å². The van der Waals surface area contributed by atoms with Gasteiger partial charge in [-0.25, -0.2) is 0 Å². The second-order valence-corrected chi connectivity index (χ2v) is 4.70. The summed E-state index contributed by atoms with van der Waals surface area (Å²) in [5.41, 5.74) is 2.97. The lowest BCUT2D eigenvalue weighted by atomic mass is 10.2. The first-order valence-electron chi connectivity index (χ1n) is 6.06. The van der Waals surface area contributed by atoms with E-state index in [4.69, 9.17) is 0 Å². The van der Waals surface area contributed by atoms with Crippen LogP contribution >= 0.6 is 12.6 Å². The van der Waals surface area contributed by atoms with Crippen molar-refractivity contribution >= 4 is 29.2 Å². The lowest BCUT2D eigenvalue weighted by Gasteiger charge is -1.94. The fourth-order valence-electron chi connectivity index (χ4n) is 1.99. The van der Waals surface area contributed by atoms with Gasteiger partial charge in [-0.1, -0.05) is 48.5 Å². The van der Waals surface area contributed by atoms with E-state index in [9.17, 15) is 0 Å². The highest BCUT2D eigenvalue weighted by atomic mass is 32.1. The molecule has 2 aromatic carbocycles. The number of H-pyrrole nitrogens is 1. The predicted octanol–water partition coefficient (Wildman–Crippen LogP) is 4.74. The first-order chi connectivity index (χ1) is 9.34. The summed E-state index contributed by atoms with van der Waals surface area (Å²) in [6.07, 6.45) is 0. The summed E-state index contributed by atoms with van der Waals surface area (Å²) < 4.78 is 0. The van der Waals surface area contributed by atoms with Crippen molar-refractivity contribution in [3.8, 4) is 0 Å². The summed E-state index contributed by atoms with van der Waals surface area (Å²) in [4.78, 5) is 3.19. The number of rotatable bonds is 3. The highest BCUT2D eigenvalue weighted by molar-refractivity contribution is 7.80. The van der Waals surface area contributed by atoms with E-state index in [2.05, 4.69) is 27.8 Å². The summed E-state index contributed by atoms with van der Waals surface area (Å²) in [5.74, 6) is 0. The minimum Gasteiger partial charge on any atom is -0.348 e. The van der Waals surface area contributed by atoms with Crippen molar-refractivity contribution in [1.29, 1.82) is 0 Å². The molecule has 0 atom stereocenters. The van der Waals surface area contributed by atoms with Gasteiger partial charge in [0, 0.05) is 10.9 Å². The van der Waals surface area contributed by atoms with Gasteiger partial charge in [-0.15, -0.1) is 12.6 Å². The van der Waals surface area contributed by atoms with Gasteiger partial charge in [0.05, 0.1) is 11.6 Å². The number of fused-ring (bicyclic) bond motifs is 1. The first-order valence-corrected chi connectivity index (χ1v) is 6.50. The number of para-hydroxylation sites is 1. The molecule has 3 aromatic rings. The second-order valence-electron chi connectivity index (χ2n) is 4.25. The molecule has 0 bridgehead atoms. The zero-order valence-electron chi connectivity index (χ0n) is 10.2. The summed E-state index contributed by atoms with van der Waals surface area (Å²) in [6, 6.07) is 18.1. The number of aromatic amines is 1. The van der Waals surface area contributed by atoms with Crippen LogP contribution < -0.4 is 0 Å². The molecule has 0 aliphatic carbocycles. The summed E-state index contributed by atoms with van der Waals surface area (Å²) in [6.45, 7) is 0.577. The Hall–Kier alpha value is -2.07. The molecule has 0 saturated heterocycles. The standard InChI is InChI=1S/C15H13N3S/c19-15-14(12-8-4-5-9-13(12)17-15)18-16-10-11-6-2-1-3-7-11/h1-9,17,19H,10H2. The third-order valence-electron chi connectivity index (χ3n) is 2.93. The number of hydrogen-bond donors (Lipinski definition) is 2. The van der Waals surface area contributed by atoms with E-state index in [1.807, 2.05) is 54.6 Å². The van der Waals surface area contributed by atoms with Crippen molar-refractivity contribution in [2.45, 2.75) is 11.6 Å². The molecule has 94 valence electrons. The van der Waals surface area contributed by atoms with E-state index < -0.39 is 0 Å². The lowest BCUT2D eigenvalue weighted by Crippen LogP contribution is -1.77. The molecule has 0 radical (unpaired) electrons. The van der Waals surface area contributed by atoms with Gasteiger partial charge in [0.1, 0.15) is 5.69 Å². The maximum atomic E-state index is 4.41. The molecule has 3 nitrogen and oxygen atoms in total. The summed E-state index contributed by atoms with van der Waals surface area (Å²) in [5, 5.41) is 10.4. The van der Waals surface area contributed by atoms with Crippen LogP contribution in [0, 0.1) is 0 Å². The molecular weight excluding hydrogens is 254 g/mol. The highest BCUT2D eigenvalue weighted by Gasteiger charge is 2.06. The van der Waals surface area contributed by atoms with Gasteiger partial charge >= 0.3 is 0 Å². The average Bonchev–Trinajstić information content (AvgIpc) is 2.76. The molecular formula is C15H13N3S. The minimum atomic E-state index is 0.577. The van der Waals surface area contributed by atoms with Crippen molar-refractivity contribution in [3.63, 3.8) is 0 Å². The number of nitrogens with zero attached hydrogens (tertiary/aromatic N) is 2. The van der Waals surface area contributed by atoms with Crippen LogP contribution in [0.1, 0.15) is 5.56 Å². The topological polar surface area (TPSA) is 40.5 Å². The van der Waals surface area contributed by atoms with Crippen LogP contribution in [-0.2, 0) is 6.54 Å². The maximum absolute atomic E-state index is 4.41. The maximum Gasteiger partial charge on any atom is 0.124 e. The number of thiol groups is 1. The Kier molecular flexibility index (Phi) is 3.33. The van der Waals surface area contributed by atoms with Crippen LogP contribution in [0.3, 0.4) is 0 Å². The molecule has 1 aromatic heterocycles. The van der Waals surface area contributed by atoms with Crippen LogP contribution in [-0.4, -0.2) is 4.98 Å². The lowest BCUT2D eigenvalue weighted by molar-refractivity contribution is 0.953. The highest BCUT2D eigenvalue weighted by Crippen LogP contribution is 2.32. The normalized spacial score (nSPS) is 11.4. The van der Waals surface area contributed by atoms with E-state index in [-0.39, 0.29) is 0 Å². The molecule has 0 saturated carbocycles. The van der Waals surface area contributed by atoms with Crippen molar-refractivity contribution < 1.29 is 0 Å². The van der Waals surface area contributed by atoms with Crippen LogP contribution in [0.2, 0.25) is 0 Å². The number of nitrogens with one attached hydrogen (secondary N) is 1. The van der Waals surface area contributed by atoms with Crippen molar-refractivity contribution in [2.24, 2.45) is 10.2 Å². The van der Waals surface area contributed by atoms with Crippen LogP contribution in [0.25, 0.3) is 10.9 Å². The molecule has 0 aliphatic heterocycles. The number of hydrogen-bond acceptors (Lipinski definition) is 3. The van der Waals surface area contributed by atoms with Crippen molar-refractivity contribution in [1.82, 2.24) is 4.98 Å². The number of aromatic nitrogens is 1. The minimum absolute atomic E-state index is 0.577. The molecule has 0 fully saturated rings.